The normalized spacial score (nSPS) is 11.0. The van der Waals surface area contributed by atoms with Crippen molar-refractivity contribution >= 4 is 27.3 Å². The number of benzene rings is 2. The minimum atomic E-state index is -0.302. The highest BCUT2D eigenvalue weighted by Gasteiger charge is 2.12. The molecule has 0 bridgehead atoms. The van der Waals surface area contributed by atoms with Gasteiger partial charge in [0.2, 0.25) is 0 Å². The first-order valence-corrected chi connectivity index (χ1v) is 9.08. The Balaban J connectivity index is 1.37. The first-order chi connectivity index (χ1) is 12.7. The molecule has 0 fully saturated rings. The van der Waals surface area contributed by atoms with Crippen LogP contribution in [-0.2, 0) is 6.42 Å². The van der Waals surface area contributed by atoms with Gasteiger partial charge in [0, 0.05) is 29.2 Å². The topological polar surface area (TPSA) is 46.9 Å². The molecule has 130 valence electrons. The van der Waals surface area contributed by atoms with Gasteiger partial charge in [0.1, 0.15) is 5.82 Å². The van der Waals surface area contributed by atoms with Gasteiger partial charge in [0.15, 0.2) is 0 Å². The Morgan fingerprint density at radius 1 is 1.12 bits per heavy atom. The molecule has 4 rings (SSSR count). The predicted octanol–water partition coefficient (Wildman–Crippen LogP) is 4.20. The monoisotopic (exact) mass is 365 g/mol. The summed E-state index contributed by atoms with van der Waals surface area (Å²) in [5.74, 6) is -0.489. The molecule has 0 atom stereocenters. The summed E-state index contributed by atoms with van der Waals surface area (Å²) in [6.45, 7) is 0.474. The Morgan fingerprint density at radius 2 is 1.96 bits per heavy atom. The average molecular weight is 365 g/mol. The van der Waals surface area contributed by atoms with Crippen LogP contribution in [0.1, 0.15) is 15.4 Å². The van der Waals surface area contributed by atoms with Gasteiger partial charge in [0.25, 0.3) is 5.91 Å². The summed E-state index contributed by atoms with van der Waals surface area (Å²) in [6.07, 6.45) is 2.53. The highest BCUT2D eigenvalue weighted by molar-refractivity contribution is 7.20. The van der Waals surface area contributed by atoms with E-state index in [-0.39, 0.29) is 11.7 Å². The lowest BCUT2D eigenvalue weighted by Crippen LogP contribution is -2.25. The van der Waals surface area contributed by atoms with Gasteiger partial charge >= 0.3 is 0 Å². The maximum atomic E-state index is 13.7. The summed E-state index contributed by atoms with van der Waals surface area (Å²) in [5.41, 5.74) is 1.90. The Morgan fingerprint density at radius 3 is 2.77 bits per heavy atom. The second-order valence-corrected chi connectivity index (χ2v) is 6.94. The molecule has 4 nitrogen and oxygen atoms in total. The van der Waals surface area contributed by atoms with E-state index in [4.69, 9.17) is 0 Å². The first kappa shape index (κ1) is 16.5. The summed E-state index contributed by atoms with van der Waals surface area (Å²) in [5, 5.41) is 7.88. The van der Waals surface area contributed by atoms with Gasteiger partial charge in [-0.15, -0.1) is 11.3 Å². The number of thiophene rings is 1. The molecule has 1 amide bonds. The molecule has 0 saturated carbocycles. The smallest absolute Gasteiger partial charge is 0.261 e. The van der Waals surface area contributed by atoms with E-state index in [1.807, 2.05) is 53.3 Å². The summed E-state index contributed by atoms with van der Waals surface area (Å²) >= 11 is 1.30. The van der Waals surface area contributed by atoms with Crippen molar-refractivity contribution in [3.8, 4) is 5.69 Å². The number of nitrogens with one attached hydrogen (secondary N) is 1. The second-order valence-electron chi connectivity index (χ2n) is 5.86. The predicted molar refractivity (Wildman–Crippen MR) is 101 cm³/mol. The van der Waals surface area contributed by atoms with Crippen molar-refractivity contribution in [1.29, 1.82) is 0 Å². The number of nitrogens with zero attached hydrogens (tertiary/aromatic N) is 2. The van der Waals surface area contributed by atoms with E-state index < -0.39 is 0 Å². The van der Waals surface area contributed by atoms with Crippen LogP contribution in [0.15, 0.2) is 66.9 Å². The number of hydrogen-bond donors (Lipinski definition) is 1. The van der Waals surface area contributed by atoms with Crippen molar-refractivity contribution < 1.29 is 9.18 Å². The third-order valence-electron chi connectivity index (χ3n) is 4.06. The summed E-state index contributed by atoms with van der Waals surface area (Å²) in [6, 6.07) is 18.3. The molecule has 26 heavy (non-hydrogen) atoms. The lowest BCUT2D eigenvalue weighted by molar-refractivity contribution is 0.0958. The van der Waals surface area contributed by atoms with Crippen LogP contribution in [0, 0.1) is 5.82 Å². The molecule has 0 aliphatic rings. The Bertz CT molecular complexity index is 1060. The van der Waals surface area contributed by atoms with E-state index in [1.165, 1.54) is 17.4 Å². The summed E-state index contributed by atoms with van der Waals surface area (Å²) in [7, 11) is 0. The van der Waals surface area contributed by atoms with E-state index >= 15 is 0 Å². The largest absolute Gasteiger partial charge is 0.351 e. The van der Waals surface area contributed by atoms with Gasteiger partial charge in [-0.25, -0.2) is 9.07 Å². The number of carbonyl (C=O) groups is 1. The summed E-state index contributed by atoms with van der Waals surface area (Å²) in [4.78, 5) is 12.8. The second kappa shape index (κ2) is 7.09. The third kappa shape index (κ3) is 3.36. The Hall–Kier alpha value is -2.99. The fourth-order valence-corrected chi connectivity index (χ4v) is 3.74. The Kier molecular flexibility index (Phi) is 4.50. The van der Waals surface area contributed by atoms with Crippen molar-refractivity contribution in [3.05, 3.63) is 83.2 Å². The number of hydrogen-bond acceptors (Lipinski definition) is 3. The molecule has 6 heteroatoms. The van der Waals surface area contributed by atoms with Gasteiger partial charge in [-0.2, -0.15) is 5.10 Å². The zero-order chi connectivity index (χ0) is 17.9. The molecule has 0 radical (unpaired) electrons. The van der Waals surface area contributed by atoms with Crippen LogP contribution in [0.4, 0.5) is 4.39 Å². The van der Waals surface area contributed by atoms with E-state index in [9.17, 15) is 9.18 Å². The van der Waals surface area contributed by atoms with Gasteiger partial charge in [-0.1, -0.05) is 24.3 Å². The van der Waals surface area contributed by atoms with Crippen LogP contribution in [0.5, 0.6) is 0 Å². The van der Waals surface area contributed by atoms with Crippen molar-refractivity contribution in [2.75, 3.05) is 6.54 Å². The molecule has 4 aromatic rings. The van der Waals surface area contributed by atoms with Gasteiger partial charge in [0.05, 0.1) is 16.3 Å². The fourth-order valence-electron chi connectivity index (χ4n) is 2.75. The number of amides is 1. The molecular formula is C20H16FN3OS. The maximum absolute atomic E-state index is 13.7. The molecule has 0 aliphatic carbocycles. The molecule has 2 aromatic heterocycles. The van der Waals surface area contributed by atoms with Crippen LogP contribution in [0.25, 0.3) is 15.8 Å². The number of rotatable bonds is 5. The van der Waals surface area contributed by atoms with Gasteiger partial charge < -0.3 is 5.32 Å². The quantitative estimate of drug-likeness (QED) is 0.576. The lowest BCUT2D eigenvalue weighted by Gasteiger charge is -2.02. The Labute approximate surface area is 153 Å². The molecule has 2 heterocycles. The molecule has 0 aliphatic heterocycles. The van der Waals surface area contributed by atoms with Crippen molar-refractivity contribution in [3.63, 3.8) is 0 Å². The molecule has 2 aromatic carbocycles. The zero-order valence-electron chi connectivity index (χ0n) is 13.9. The lowest BCUT2D eigenvalue weighted by atomic mass is 10.2. The highest BCUT2D eigenvalue weighted by Crippen LogP contribution is 2.27. The molecule has 1 N–H and O–H groups in total. The van der Waals surface area contributed by atoms with Crippen LogP contribution in [0.2, 0.25) is 0 Å². The van der Waals surface area contributed by atoms with Crippen molar-refractivity contribution in [2.45, 2.75) is 6.42 Å². The first-order valence-electron chi connectivity index (χ1n) is 8.27. The summed E-state index contributed by atoms with van der Waals surface area (Å²) < 4.78 is 16.3. The minimum absolute atomic E-state index is 0.187. The van der Waals surface area contributed by atoms with Crippen LogP contribution >= 0.6 is 11.3 Å². The number of fused-ring (bicyclic) bond motifs is 1. The van der Waals surface area contributed by atoms with Crippen molar-refractivity contribution in [1.82, 2.24) is 15.1 Å². The van der Waals surface area contributed by atoms with Crippen LogP contribution in [-0.4, -0.2) is 22.2 Å². The van der Waals surface area contributed by atoms with Gasteiger partial charge in [-0.3, -0.25) is 4.79 Å². The minimum Gasteiger partial charge on any atom is -0.351 e. The molecule has 0 spiro atoms. The third-order valence-corrected chi connectivity index (χ3v) is 5.16. The van der Waals surface area contributed by atoms with E-state index in [1.54, 1.807) is 12.1 Å². The SMILES string of the molecule is O=C(NCCc1ccn(-c2ccccc2)n1)c1cc2c(F)cccc2s1. The van der Waals surface area contributed by atoms with E-state index in [2.05, 4.69) is 10.4 Å². The van der Waals surface area contributed by atoms with Crippen molar-refractivity contribution in [2.24, 2.45) is 0 Å². The molecule has 0 unspecified atom stereocenters. The van der Waals surface area contributed by atoms with Crippen LogP contribution < -0.4 is 5.32 Å². The number of halogens is 1. The number of aromatic nitrogens is 2. The van der Waals surface area contributed by atoms with E-state index in [0.717, 1.165) is 16.1 Å². The zero-order valence-corrected chi connectivity index (χ0v) is 14.7. The highest BCUT2D eigenvalue weighted by atomic mass is 32.1. The average Bonchev–Trinajstić information content (AvgIpc) is 3.30. The fraction of sp³-hybridized carbons (Fsp3) is 0.100. The molecule has 0 saturated heterocycles. The van der Waals surface area contributed by atoms with Gasteiger partial charge in [-0.05, 0) is 36.4 Å². The number of carbonyl (C=O) groups excluding carboxylic acids is 1. The maximum Gasteiger partial charge on any atom is 0.261 e. The van der Waals surface area contributed by atoms with Crippen LogP contribution in [0.3, 0.4) is 0 Å². The number of para-hydroxylation sites is 1. The van der Waals surface area contributed by atoms with E-state index in [0.29, 0.717) is 23.2 Å². The molecular weight excluding hydrogens is 349 g/mol. The standard InChI is InChI=1S/C20H16FN3OS/c21-17-7-4-8-18-16(17)13-19(26-18)20(25)22-11-9-14-10-12-24(23-14)15-5-2-1-3-6-15/h1-8,10,12-13H,9,11H2,(H,22,25).